The van der Waals surface area contributed by atoms with Crippen LogP contribution in [0.4, 0.5) is 23.7 Å². The van der Waals surface area contributed by atoms with Crippen LogP contribution < -0.4 is 21.5 Å². The number of benzene rings is 2. The minimum atomic E-state index is -5.08. The quantitative estimate of drug-likeness (QED) is 0.256. The average molecular weight is 523 g/mol. The summed E-state index contributed by atoms with van der Waals surface area (Å²) >= 11 is 0. The number of nitrogens with two attached hydrogens (primary N) is 1. The molecular weight excluding hydrogens is 499 g/mol. The van der Waals surface area contributed by atoms with E-state index < -0.39 is 30.2 Å². The Kier molecular flexibility index (Phi) is 10.4. The maximum Gasteiger partial charge on any atom is 0.490 e. The van der Waals surface area contributed by atoms with Gasteiger partial charge >= 0.3 is 24.1 Å². The van der Waals surface area contributed by atoms with Crippen LogP contribution in [0.25, 0.3) is 0 Å². The topological polar surface area (TPSA) is 163 Å². The number of hydrogen-bond acceptors (Lipinski definition) is 7. The third kappa shape index (κ3) is 9.51. The van der Waals surface area contributed by atoms with Crippen LogP contribution in [0.2, 0.25) is 0 Å². The van der Waals surface area contributed by atoms with Crippen LogP contribution >= 0.6 is 0 Å². The van der Waals surface area contributed by atoms with Crippen molar-refractivity contribution in [3.63, 3.8) is 0 Å². The number of hydrazone groups is 1. The predicted octanol–water partition coefficient (Wildman–Crippen LogP) is 2.11. The van der Waals surface area contributed by atoms with Crippen molar-refractivity contribution in [2.45, 2.75) is 31.5 Å². The normalized spacial score (nSPS) is 15.1. The third-order valence-corrected chi connectivity index (χ3v) is 4.90. The number of carboxylic acids is 1. The molecule has 0 radical (unpaired) electrons. The maximum atomic E-state index is 12.6. The van der Waals surface area contributed by atoms with E-state index in [1.165, 1.54) is 6.21 Å². The van der Waals surface area contributed by atoms with Crippen LogP contribution in [0.3, 0.4) is 0 Å². The standard InChI is InChI=1S/C21H23N5O4.C2HF3O2/c22-23-14-16-6-9-17(10-7-16)26-13-12-18(20(26)28)24-21(29)25-30-19(27)11-8-15-4-2-1-3-5-15;3-2(4,5)1(6)7/h1-7,9-10,14,18H,8,11-13,22H2,(H2,24,25,29);(H,6,7)/t18-;/m0./s1. The highest BCUT2D eigenvalue weighted by Crippen LogP contribution is 2.22. The van der Waals surface area contributed by atoms with Crippen molar-refractivity contribution in [1.82, 2.24) is 10.8 Å². The number of amides is 3. The zero-order valence-corrected chi connectivity index (χ0v) is 19.3. The third-order valence-electron chi connectivity index (χ3n) is 4.90. The van der Waals surface area contributed by atoms with E-state index in [2.05, 4.69) is 10.4 Å². The summed E-state index contributed by atoms with van der Waals surface area (Å²) in [5, 5.41) is 13.1. The van der Waals surface area contributed by atoms with Gasteiger partial charge in [0, 0.05) is 12.2 Å². The Balaban J connectivity index is 0.000000604. The van der Waals surface area contributed by atoms with E-state index in [0.29, 0.717) is 25.1 Å². The first-order chi connectivity index (χ1) is 17.5. The monoisotopic (exact) mass is 523 g/mol. The van der Waals surface area contributed by atoms with E-state index in [4.69, 9.17) is 20.6 Å². The number of carbonyl (C=O) groups is 4. The Bertz CT molecular complexity index is 1110. The van der Waals surface area contributed by atoms with Gasteiger partial charge in [0.05, 0.1) is 12.6 Å². The number of hydroxylamine groups is 1. The molecule has 1 saturated heterocycles. The van der Waals surface area contributed by atoms with Crippen LogP contribution in [0.5, 0.6) is 0 Å². The number of nitrogens with zero attached hydrogens (tertiary/aromatic N) is 2. The van der Waals surface area contributed by atoms with Crippen LogP contribution in [-0.4, -0.2) is 54.0 Å². The smallest absolute Gasteiger partial charge is 0.475 e. The van der Waals surface area contributed by atoms with Gasteiger partial charge in [-0.3, -0.25) is 4.79 Å². The Morgan fingerprint density at radius 1 is 1.14 bits per heavy atom. The largest absolute Gasteiger partial charge is 0.490 e. The fourth-order valence-corrected chi connectivity index (χ4v) is 3.13. The Labute approximate surface area is 209 Å². The molecule has 0 saturated carbocycles. The first-order valence-electron chi connectivity index (χ1n) is 10.8. The van der Waals surface area contributed by atoms with Gasteiger partial charge < -0.3 is 26.0 Å². The molecule has 0 aliphatic carbocycles. The molecule has 14 heteroatoms. The molecule has 0 aromatic heterocycles. The number of carboxylic acid groups (broad SMARTS) is 1. The summed E-state index contributed by atoms with van der Waals surface area (Å²) in [6.45, 7) is 0.463. The van der Waals surface area contributed by atoms with Crippen LogP contribution in [-0.2, 0) is 25.6 Å². The molecule has 3 rings (SSSR count). The molecule has 1 fully saturated rings. The lowest BCUT2D eigenvalue weighted by molar-refractivity contribution is -0.192. The minimum Gasteiger partial charge on any atom is -0.475 e. The van der Waals surface area contributed by atoms with E-state index in [1.54, 1.807) is 29.2 Å². The maximum absolute atomic E-state index is 12.6. The van der Waals surface area contributed by atoms with Gasteiger partial charge in [0.1, 0.15) is 6.04 Å². The van der Waals surface area contributed by atoms with E-state index in [1.807, 2.05) is 35.8 Å². The first kappa shape index (κ1) is 28.6. The van der Waals surface area contributed by atoms with Gasteiger partial charge in [-0.25, -0.2) is 14.4 Å². The summed E-state index contributed by atoms with van der Waals surface area (Å²) in [5.74, 6) is 1.57. The highest BCUT2D eigenvalue weighted by molar-refractivity contribution is 6.01. The lowest BCUT2D eigenvalue weighted by Crippen LogP contribution is -2.46. The molecule has 3 amide bonds. The van der Waals surface area contributed by atoms with Crippen molar-refractivity contribution in [2.75, 3.05) is 11.4 Å². The van der Waals surface area contributed by atoms with Crippen molar-refractivity contribution in [2.24, 2.45) is 10.9 Å². The number of anilines is 1. The zero-order chi connectivity index (χ0) is 27.4. The first-order valence-corrected chi connectivity index (χ1v) is 10.8. The Hall–Kier alpha value is -4.62. The van der Waals surface area contributed by atoms with Crippen molar-refractivity contribution >= 4 is 35.8 Å². The summed E-state index contributed by atoms with van der Waals surface area (Å²) in [7, 11) is 0. The summed E-state index contributed by atoms with van der Waals surface area (Å²) in [6, 6.07) is 15.2. The molecule has 37 heavy (non-hydrogen) atoms. The number of urea groups is 1. The van der Waals surface area contributed by atoms with Gasteiger partial charge in [0.15, 0.2) is 0 Å². The summed E-state index contributed by atoms with van der Waals surface area (Å²) in [5.41, 5.74) is 4.57. The molecule has 1 atom stereocenters. The number of hydrogen-bond donors (Lipinski definition) is 4. The number of halogens is 3. The highest BCUT2D eigenvalue weighted by atomic mass is 19.4. The minimum absolute atomic E-state index is 0.130. The Morgan fingerprint density at radius 3 is 2.32 bits per heavy atom. The highest BCUT2D eigenvalue weighted by Gasteiger charge is 2.38. The van der Waals surface area contributed by atoms with Crippen molar-refractivity contribution in [1.29, 1.82) is 0 Å². The molecule has 0 unspecified atom stereocenters. The molecule has 0 spiro atoms. The number of nitrogens with one attached hydrogen (secondary N) is 2. The molecule has 2 aromatic carbocycles. The predicted molar refractivity (Wildman–Crippen MR) is 125 cm³/mol. The summed E-state index contributed by atoms with van der Waals surface area (Å²) < 4.78 is 31.7. The number of carbonyl (C=O) groups excluding carboxylic acids is 3. The summed E-state index contributed by atoms with van der Waals surface area (Å²) in [6.07, 6.45) is -2.49. The van der Waals surface area contributed by atoms with E-state index in [0.717, 1.165) is 11.1 Å². The average Bonchev–Trinajstić information content (AvgIpc) is 3.22. The summed E-state index contributed by atoms with van der Waals surface area (Å²) in [4.78, 5) is 51.6. The van der Waals surface area contributed by atoms with Gasteiger partial charge in [-0.2, -0.15) is 23.8 Å². The molecular formula is C23H24F3N5O6. The second kappa shape index (κ2) is 13.5. The second-order valence-electron chi connectivity index (χ2n) is 7.54. The van der Waals surface area contributed by atoms with Gasteiger partial charge in [0.2, 0.25) is 5.91 Å². The lowest BCUT2D eigenvalue weighted by atomic mass is 10.1. The van der Waals surface area contributed by atoms with Gasteiger partial charge in [-0.1, -0.05) is 42.5 Å². The molecule has 198 valence electrons. The molecule has 2 aromatic rings. The SMILES string of the molecule is NN=Cc1ccc(N2CC[C@H](NC(=O)NOC(=O)CCc3ccccc3)C2=O)cc1.O=C(O)C(F)(F)F. The van der Waals surface area contributed by atoms with Gasteiger partial charge in [-0.05, 0) is 36.1 Å². The van der Waals surface area contributed by atoms with Gasteiger partial charge in [0.25, 0.3) is 0 Å². The van der Waals surface area contributed by atoms with E-state index >= 15 is 0 Å². The van der Waals surface area contributed by atoms with Crippen LogP contribution in [0.15, 0.2) is 59.7 Å². The number of aryl methyl sites for hydroxylation is 1. The Morgan fingerprint density at radius 2 is 1.76 bits per heavy atom. The lowest BCUT2D eigenvalue weighted by Gasteiger charge is -2.17. The second-order valence-corrected chi connectivity index (χ2v) is 7.54. The van der Waals surface area contributed by atoms with E-state index in [9.17, 15) is 27.6 Å². The molecule has 1 aliphatic rings. The van der Waals surface area contributed by atoms with Crippen molar-refractivity contribution < 1.29 is 42.3 Å². The number of rotatable bonds is 6. The van der Waals surface area contributed by atoms with Crippen LogP contribution in [0, 0.1) is 0 Å². The van der Waals surface area contributed by atoms with E-state index in [-0.39, 0.29) is 12.3 Å². The molecule has 1 aliphatic heterocycles. The number of alkyl halides is 3. The number of aliphatic carboxylic acids is 1. The zero-order valence-electron chi connectivity index (χ0n) is 19.3. The van der Waals surface area contributed by atoms with Gasteiger partial charge in [-0.15, -0.1) is 0 Å². The fraction of sp³-hybridized carbons (Fsp3) is 0.261. The van der Waals surface area contributed by atoms with Crippen molar-refractivity contribution in [3.05, 3.63) is 65.7 Å². The molecule has 1 heterocycles. The molecule has 0 bridgehead atoms. The van der Waals surface area contributed by atoms with Crippen LogP contribution in [0.1, 0.15) is 24.0 Å². The molecule has 5 N–H and O–H groups in total. The fourth-order valence-electron chi connectivity index (χ4n) is 3.13. The van der Waals surface area contributed by atoms with Crippen molar-refractivity contribution in [3.8, 4) is 0 Å². The molecule has 11 nitrogen and oxygen atoms in total.